The third kappa shape index (κ3) is 4.23. The van der Waals surface area contributed by atoms with Crippen molar-refractivity contribution in [3.05, 3.63) is 40.1 Å². The van der Waals surface area contributed by atoms with Crippen LogP contribution in [0.15, 0.2) is 29.5 Å². The van der Waals surface area contributed by atoms with Crippen molar-refractivity contribution in [3.63, 3.8) is 0 Å². The molecule has 0 aliphatic heterocycles. The van der Waals surface area contributed by atoms with Crippen LogP contribution in [0.25, 0.3) is 0 Å². The van der Waals surface area contributed by atoms with E-state index in [1.807, 2.05) is 0 Å². The Balaban J connectivity index is 2.85. The summed E-state index contributed by atoms with van der Waals surface area (Å²) in [7, 11) is 1.39. The summed E-state index contributed by atoms with van der Waals surface area (Å²) in [5, 5.41) is 9.10. The number of hydrogen-bond acceptors (Lipinski definition) is 6. The number of allylic oxidation sites excluding steroid dienone is 1. The molecule has 1 aromatic rings. The number of nitrogens with two attached hydrogens (primary N) is 1. The highest BCUT2D eigenvalue weighted by atomic mass is 35.5. The smallest absolute Gasteiger partial charge is 0.342 e. The second kappa shape index (κ2) is 7.31. The molecule has 0 saturated heterocycles. The lowest BCUT2D eigenvalue weighted by molar-refractivity contribution is -0.118. The van der Waals surface area contributed by atoms with Crippen molar-refractivity contribution in [1.29, 1.82) is 5.26 Å². The van der Waals surface area contributed by atoms with Crippen LogP contribution in [-0.4, -0.2) is 25.5 Å². The number of esters is 1. The van der Waals surface area contributed by atoms with Crippen LogP contribution in [0.2, 0.25) is 5.02 Å². The molecule has 0 unspecified atom stereocenters. The third-order valence-corrected chi connectivity index (χ3v) is 2.74. The van der Waals surface area contributed by atoms with Crippen LogP contribution in [0.5, 0.6) is 5.75 Å². The van der Waals surface area contributed by atoms with Crippen molar-refractivity contribution in [1.82, 2.24) is 0 Å². The predicted octanol–water partition coefficient (Wildman–Crippen LogP) is 1.83. The quantitative estimate of drug-likeness (QED) is 0.506. The molecular formula is C14H13ClN2O4. The summed E-state index contributed by atoms with van der Waals surface area (Å²) >= 11 is 5.80. The number of halogens is 1. The maximum absolute atomic E-state index is 11.9. The van der Waals surface area contributed by atoms with Gasteiger partial charge < -0.3 is 15.2 Å². The van der Waals surface area contributed by atoms with Gasteiger partial charge in [0.05, 0.1) is 7.11 Å². The van der Waals surface area contributed by atoms with Crippen LogP contribution >= 0.6 is 11.6 Å². The lowest BCUT2D eigenvalue weighted by atomic mass is 10.1. The van der Waals surface area contributed by atoms with Gasteiger partial charge in [0.15, 0.2) is 6.61 Å². The zero-order chi connectivity index (χ0) is 16.0. The minimum absolute atomic E-state index is 0.0684. The van der Waals surface area contributed by atoms with Crippen molar-refractivity contribution < 1.29 is 19.1 Å². The van der Waals surface area contributed by atoms with Crippen LogP contribution < -0.4 is 10.5 Å². The fraction of sp³-hybridized carbons (Fsp3) is 0.214. The van der Waals surface area contributed by atoms with Gasteiger partial charge in [-0.1, -0.05) is 11.6 Å². The number of methoxy groups -OCH3 is 1. The van der Waals surface area contributed by atoms with Gasteiger partial charge >= 0.3 is 5.97 Å². The number of benzene rings is 1. The highest BCUT2D eigenvalue weighted by Crippen LogP contribution is 2.23. The Hall–Kier alpha value is -2.52. The number of Topliss-reactive ketones (excluding diaryl/α,β-unsaturated/α-hetero) is 1. The first kappa shape index (κ1) is 16.5. The fourth-order valence-electron chi connectivity index (χ4n) is 1.49. The van der Waals surface area contributed by atoms with Crippen molar-refractivity contribution in [3.8, 4) is 11.8 Å². The van der Waals surface area contributed by atoms with Crippen LogP contribution in [0.4, 0.5) is 0 Å². The summed E-state index contributed by atoms with van der Waals surface area (Å²) in [6.45, 7) is 0.824. The minimum Gasteiger partial charge on any atom is -0.496 e. The van der Waals surface area contributed by atoms with E-state index in [2.05, 4.69) is 0 Å². The van der Waals surface area contributed by atoms with E-state index in [0.29, 0.717) is 5.02 Å². The summed E-state index contributed by atoms with van der Waals surface area (Å²) < 4.78 is 9.86. The van der Waals surface area contributed by atoms with Gasteiger partial charge in [0, 0.05) is 10.7 Å². The topological polar surface area (TPSA) is 102 Å². The average molecular weight is 309 g/mol. The minimum atomic E-state index is -0.783. The maximum atomic E-state index is 11.9. The largest absolute Gasteiger partial charge is 0.496 e. The molecule has 110 valence electrons. The number of hydrogen-bond donors (Lipinski definition) is 1. The van der Waals surface area contributed by atoms with Gasteiger partial charge in [0.25, 0.3) is 0 Å². The van der Waals surface area contributed by atoms with E-state index in [9.17, 15) is 9.59 Å². The number of ether oxygens (including phenoxy) is 2. The molecule has 0 radical (unpaired) electrons. The summed E-state index contributed by atoms with van der Waals surface area (Å²) in [6, 6.07) is 6.09. The molecule has 2 N–H and O–H groups in total. The Morgan fingerprint density at radius 2 is 2.10 bits per heavy atom. The molecule has 6 nitrogen and oxygen atoms in total. The van der Waals surface area contributed by atoms with Crippen LogP contribution in [0.3, 0.4) is 0 Å². The zero-order valence-electron chi connectivity index (χ0n) is 11.5. The number of rotatable bonds is 5. The molecule has 7 heteroatoms. The van der Waals surface area contributed by atoms with Crippen molar-refractivity contribution in [2.24, 2.45) is 5.73 Å². The molecular weight excluding hydrogens is 296 g/mol. The second-order valence-electron chi connectivity index (χ2n) is 4.01. The van der Waals surface area contributed by atoms with Gasteiger partial charge in [0.1, 0.15) is 23.0 Å². The Morgan fingerprint density at radius 3 is 2.62 bits per heavy atom. The second-order valence-corrected chi connectivity index (χ2v) is 4.45. The van der Waals surface area contributed by atoms with E-state index in [-0.39, 0.29) is 22.6 Å². The Kier molecular flexibility index (Phi) is 5.76. The molecule has 0 aliphatic carbocycles. The SMILES string of the molecule is COc1ccc(Cl)cc1C(=O)OCC(=O)C(C#N)=C(C)N. The molecule has 1 rings (SSSR count). The van der Waals surface area contributed by atoms with E-state index in [4.69, 9.17) is 32.1 Å². The van der Waals surface area contributed by atoms with Gasteiger partial charge in [-0.2, -0.15) is 5.26 Å². The Bertz CT molecular complexity index is 643. The average Bonchev–Trinajstić information content (AvgIpc) is 2.45. The molecule has 0 amide bonds. The predicted molar refractivity (Wildman–Crippen MR) is 75.8 cm³/mol. The summed E-state index contributed by atoms with van der Waals surface area (Å²) in [4.78, 5) is 23.6. The summed E-state index contributed by atoms with van der Waals surface area (Å²) in [5.41, 5.74) is 5.31. The standard InChI is InChI=1S/C14H13ClN2O4/c1-8(17)11(6-16)12(18)7-21-14(19)10-5-9(15)3-4-13(10)20-2/h3-5H,7,17H2,1-2H3. The maximum Gasteiger partial charge on any atom is 0.342 e. The first-order valence-corrected chi connectivity index (χ1v) is 6.18. The van der Waals surface area contributed by atoms with E-state index >= 15 is 0 Å². The molecule has 0 fully saturated rings. The van der Waals surface area contributed by atoms with E-state index in [0.717, 1.165) is 0 Å². The first-order valence-electron chi connectivity index (χ1n) is 5.81. The normalized spacial score (nSPS) is 11.1. The molecule has 0 atom stereocenters. The number of carbonyl (C=O) groups is 2. The van der Waals surface area contributed by atoms with E-state index in [1.165, 1.54) is 26.2 Å². The molecule has 0 bridgehead atoms. The van der Waals surface area contributed by atoms with E-state index < -0.39 is 18.4 Å². The number of ketones is 1. The molecule has 1 aromatic carbocycles. The van der Waals surface area contributed by atoms with Crippen molar-refractivity contribution in [2.45, 2.75) is 6.92 Å². The molecule has 21 heavy (non-hydrogen) atoms. The number of carbonyl (C=O) groups excluding carboxylic acids is 2. The van der Waals surface area contributed by atoms with Gasteiger partial charge in [-0.15, -0.1) is 0 Å². The molecule has 0 spiro atoms. The highest BCUT2D eigenvalue weighted by Gasteiger charge is 2.18. The lowest BCUT2D eigenvalue weighted by Gasteiger charge is -2.08. The van der Waals surface area contributed by atoms with Crippen LogP contribution in [0, 0.1) is 11.3 Å². The lowest BCUT2D eigenvalue weighted by Crippen LogP contribution is -2.18. The van der Waals surface area contributed by atoms with Gasteiger partial charge in [-0.3, -0.25) is 4.79 Å². The number of nitriles is 1. The number of nitrogens with zero attached hydrogens (tertiary/aromatic N) is 1. The van der Waals surface area contributed by atoms with Gasteiger partial charge in [-0.05, 0) is 25.1 Å². The monoisotopic (exact) mass is 308 g/mol. The Labute approximate surface area is 126 Å². The molecule has 0 heterocycles. The molecule has 0 aromatic heterocycles. The van der Waals surface area contributed by atoms with Crippen molar-refractivity contribution >= 4 is 23.4 Å². The van der Waals surface area contributed by atoms with E-state index in [1.54, 1.807) is 12.1 Å². The van der Waals surface area contributed by atoms with Crippen molar-refractivity contribution in [2.75, 3.05) is 13.7 Å². The fourth-order valence-corrected chi connectivity index (χ4v) is 1.66. The van der Waals surface area contributed by atoms with Gasteiger partial charge in [-0.25, -0.2) is 4.79 Å². The highest BCUT2D eigenvalue weighted by molar-refractivity contribution is 6.31. The zero-order valence-corrected chi connectivity index (χ0v) is 12.2. The van der Waals surface area contributed by atoms with Crippen LogP contribution in [0.1, 0.15) is 17.3 Å². The molecule has 0 aliphatic rings. The van der Waals surface area contributed by atoms with Crippen LogP contribution in [-0.2, 0) is 9.53 Å². The Morgan fingerprint density at radius 1 is 1.43 bits per heavy atom. The summed E-state index contributed by atoms with van der Waals surface area (Å²) in [5.74, 6) is -1.19. The molecule has 0 saturated carbocycles. The third-order valence-electron chi connectivity index (χ3n) is 2.50. The van der Waals surface area contributed by atoms with Gasteiger partial charge in [0.2, 0.25) is 5.78 Å². The first-order chi connectivity index (χ1) is 9.90. The summed E-state index contributed by atoms with van der Waals surface area (Å²) in [6.07, 6.45) is 0.